The van der Waals surface area contributed by atoms with Crippen molar-refractivity contribution in [2.45, 2.75) is 42.3 Å². The summed E-state index contributed by atoms with van der Waals surface area (Å²) in [5.74, 6) is 0.475. The van der Waals surface area contributed by atoms with Gasteiger partial charge in [-0.1, -0.05) is 0 Å². The van der Waals surface area contributed by atoms with Crippen molar-refractivity contribution in [3.63, 3.8) is 0 Å². The van der Waals surface area contributed by atoms with Crippen LogP contribution in [0.25, 0.3) is 0 Å². The van der Waals surface area contributed by atoms with Crippen molar-refractivity contribution in [3.8, 4) is 0 Å². The first-order valence-corrected chi connectivity index (χ1v) is 8.71. The average Bonchev–Trinajstić information content (AvgIpc) is 2.47. The standard InChI is InChI=1S/C15H17ClN2O2Se/c16-10-5-2-1-4-9(10)15-7-3-6-12(13(15)19)20-14(18-15)11(17)8-21/h1-2,4-5,11-12,21H,3,6-8,17H2/t11?,12-,15?/m0/s1. The fraction of sp³-hybridized carbons (Fsp3) is 0.467. The van der Waals surface area contributed by atoms with E-state index >= 15 is 0 Å². The Balaban J connectivity index is 2.16. The van der Waals surface area contributed by atoms with Crippen LogP contribution in [-0.4, -0.2) is 39.8 Å². The van der Waals surface area contributed by atoms with Gasteiger partial charge >= 0.3 is 137 Å². The minimum atomic E-state index is -0.922. The number of rotatable bonds is 3. The number of halogens is 1. The molecule has 0 aromatic heterocycles. The normalized spacial score (nSPS) is 29.6. The number of nitrogens with two attached hydrogens (primary N) is 1. The Morgan fingerprint density at radius 1 is 1.52 bits per heavy atom. The van der Waals surface area contributed by atoms with Gasteiger partial charge in [0.15, 0.2) is 0 Å². The van der Waals surface area contributed by atoms with Gasteiger partial charge in [-0.2, -0.15) is 0 Å². The van der Waals surface area contributed by atoms with Crippen molar-refractivity contribution in [1.82, 2.24) is 0 Å². The maximum atomic E-state index is 12.8. The van der Waals surface area contributed by atoms with E-state index < -0.39 is 11.6 Å². The van der Waals surface area contributed by atoms with Crippen LogP contribution in [0.3, 0.4) is 0 Å². The first kappa shape index (κ1) is 15.0. The second-order valence-electron chi connectivity index (χ2n) is 5.44. The van der Waals surface area contributed by atoms with E-state index in [0.717, 1.165) is 18.4 Å². The maximum absolute atomic E-state index is 12.8. The van der Waals surface area contributed by atoms with E-state index in [1.54, 1.807) is 6.07 Å². The fourth-order valence-electron chi connectivity index (χ4n) is 3.02. The molecule has 1 heterocycles. The third-order valence-electron chi connectivity index (χ3n) is 4.10. The summed E-state index contributed by atoms with van der Waals surface area (Å²) in [6.07, 6.45) is 1.81. The van der Waals surface area contributed by atoms with Crippen molar-refractivity contribution in [1.29, 1.82) is 0 Å². The molecule has 0 amide bonds. The Morgan fingerprint density at radius 2 is 2.29 bits per heavy atom. The van der Waals surface area contributed by atoms with Gasteiger partial charge in [0.1, 0.15) is 0 Å². The molecule has 21 heavy (non-hydrogen) atoms. The number of Topliss-reactive ketones (excluding diaryl/α,β-unsaturated/α-hetero) is 1. The molecule has 2 aliphatic rings. The summed E-state index contributed by atoms with van der Waals surface area (Å²) >= 11 is 8.76. The van der Waals surface area contributed by atoms with E-state index in [1.807, 2.05) is 18.2 Å². The molecule has 2 N–H and O–H groups in total. The molecule has 2 bridgehead atoms. The monoisotopic (exact) mass is 372 g/mol. The summed E-state index contributed by atoms with van der Waals surface area (Å²) in [6, 6.07) is 7.10. The van der Waals surface area contributed by atoms with Crippen molar-refractivity contribution in [3.05, 3.63) is 34.9 Å². The Hall–Kier alpha value is -0.871. The van der Waals surface area contributed by atoms with Crippen molar-refractivity contribution in [2.24, 2.45) is 10.7 Å². The molecule has 0 spiro atoms. The van der Waals surface area contributed by atoms with Crippen LogP contribution < -0.4 is 5.73 Å². The molecule has 6 heteroatoms. The topological polar surface area (TPSA) is 64.7 Å². The van der Waals surface area contributed by atoms with Crippen molar-refractivity contribution < 1.29 is 9.53 Å². The number of nitrogens with zero attached hydrogens (tertiary/aromatic N) is 1. The number of hydrogen-bond acceptors (Lipinski definition) is 4. The molecule has 1 aliphatic heterocycles. The summed E-state index contributed by atoms with van der Waals surface area (Å²) in [5.41, 5.74) is 5.90. The molecule has 3 atom stereocenters. The molecule has 112 valence electrons. The van der Waals surface area contributed by atoms with Crippen LogP contribution in [0.5, 0.6) is 0 Å². The SMILES string of the molecule is NC(C[SeH])C1=NC2(c3ccccc3Cl)CCC[C@H](O1)C2=O. The van der Waals surface area contributed by atoms with Crippen LogP contribution in [0.1, 0.15) is 24.8 Å². The van der Waals surface area contributed by atoms with Gasteiger partial charge in [-0.15, -0.1) is 0 Å². The van der Waals surface area contributed by atoms with Crippen LogP contribution >= 0.6 is 11.6 Å². The molecule has 3 rings (SSSR count). The van der Waals surface area contributed by atoms with Crippen LogP contribution in [0.15, 0.2) is 29.3 Å². The van der Waals surface area contributed by atoms with E-state index in [1.165, 1.54) is 0 Å². The number of hydrogen-bond donors (Lipinski definition) is 1. The molecule has 0 saturated heterocycles. The van der Waals surface area contributed by atoms with E-state index in [9.17, 15) is 4.79 Å². The van der Waals surface area contributed by atoms with E-state index in [2.05, 4.69) is 21.0 Å². The number of ether oxygens (including phenoxy) is 1. The number of carbonyl (C=O) groups is 1. The molecule has 0 radical (unpaired) electrons. The molecule has 1 saturated carbocycles. The van der Waals surface area contributed by atoms with Crippen LogP contribution in [0.4, 0.5) is 0 Å². The average molecular weight is 372 g/mol. The Kier molecular flexibility index (Phi) is 4.10. The quantitative estimate of drug-likeness (QED) is 0.823. The Bertz CT molecular complexity index is 607. The summed E-state index contributed by atoms with van der Waals surface area (Å²) < 4.78 is 5.73. The van der Waals surface area contributed by atoms with Crippen molar-refractivity contribution >= 4 is 39.3 Å². The Labute approximate surface area is 136 Å². The first-order valence-electron chi connectivity index (χ1n) is 7.00. The van der Waals surface area contributed by atoms with Gasteiger partial charge in [0.25, 0.3) is 0 Å². The predicted octanol–water partition coefficient (Wildman–Crippen LogP) is 1.73. The van der Waals surface area contributed by atoms with Crippen LogP contribution in [0.2, 0.25) is 10.3 Å². The number of benzene rings is 1. The van der Waals surface area contributed by atoms with Crippen molar-refractivity contribution in [2.75, 3.05) is 0 Å². The Morgan fingerprint density at radius 3 is 3.00 bits per heavy atom. The van der Waals surface area contributed by atoms with Gasteiger partial charge < -0.3 is 0 Å². The first-order chi connectivity index (χ1) is 10.1. The molecule has 1 aliphatic carbocycles. The van der Waals surface area contributed by atoms with Crippen LogP contribution in [0, 0.1) is 0 Å². The number of fused-ring (bicyclic) bond motifs is 2. The minimum absolute atomic E-state index is 0.00314. The van der Waals surface area contributed by atoms with E-state index in [0.29, 0.717) is 22.7 Å². The van der Waals surface area contributed by atoms with Gasteiger partial charge in [0.2, 0.25) is 0 Å². The summed E-state index contributed by atoms with van der Waals surface area (Å²) in [6.45, 7) is 0. The molecular weight excluding hydrogens is 355 g/mol. The second-order valence-corrected chi connectivity index (χ2v) is 6.62. The molecule has 1 aromatic carbocycles. The molecule has 1 aromatic rings. The third-order valence-corrected chi connectivity index (χ3v) is 5.26. The molecular formula is C15H17ClN2O2Se. The zero-order chi connectivity index (χ0) is 15.0. The summed E-state index contributed by atoms with van der Waals surface area (Å²) in [5, 5.41) is 1.23. The van der Waals surface area contributed by atoms with Gasteiger partial charge in [0, 0.05) is 0 Å². The molecule has 2 unspecified atom stereocenters. The van der Waals surface area contributed by atoms with Gasteiger partial charge in [-0.25, -0.2) is 0 Å². The second kappa shape index (κ2) is 5.73. The van der Waals surface area contributed by atoms with Crippen LogP contribution in [-0.2, 0) is 15.1 Å². The predicted molar refractivity (Wildman–Crippen MR) is 84.2 cm³/mol. The van der Waals surface area contributed by atoms with E-state index in [-0.39, 0.29) is 11.8 Å². The van der Waals surface area contributed by atoms with E-state index in [4.69, 9.17) is 22.1 Å². The zero-order valence-corrected chi connectivity index (χ0v) is 14.1. The number of ketones is 1. The number of aliphatic imine (C=N–C) groups is 1. The van der Waals surface area contributed by atoms with Gasteiger partial charge in [-0.05, 0) is 0 Å². The zero-order valence-electron chi connectivity index (χ0n) is 11.5. The van der Waals surface area contributed by atoms with Gasteiger partial charge in [-0.3, -0.25) is 0 Å². The molecule has 1 fully saturated rings. The fourth-order valence-corrected chi connectivity index (χ4v) is 3.64. The summed E-state index contributed by atoms with van der Waals surface area (Å²) in [7, 11) is 0. The molecule has 4 nitrogen and oxygen atoms in total. The third kappa shape index (κ3) is 2.42. The number of carbonyl (C=O) groups excluding carboxylic acids is 1. The van der Waals surface area contributed by atoms with Gasteiger partial charge in [0.05, 0.1) is 0 Å². The summed E-state index contributed by atoms with van der Waals surface area (Å²) in [4.78, 5) is 17.4.